The molecule has 0 saturated heterocycles. The Bertz CT molecular complexity index is 882. The van der Waals surface area contributed by atoms with Gasteiger partial charge in [-0.15, -0.1) is 0 Å². The number of methoxy groups -OCH3 is 1. The zero-order chi connectivity index (χ0) is 19.9. The van der Waals surface area contributed by atoms with Crippen LogP contribution in [0.1, 0.15) is 36.2 Å². The van der Waals surface area contributed by atoms with Crippen LogP contribution in [0.4, 0.5) is 0 Å². The molecule has 0 N–H and O–H groups in total. The second kappa shape index (κ2) is 9.61. The van der Waals surface area contributed by atoms with Gasteiger partial charge in [-0.1, -0.05) is 50.2 Å². The van der Waals surface area contributed by atoms with Gasteiger partial charge in [0.1, 0.15) is 5.75 Å². The normalized spacial score (nSPS) is 11.4. The average Bonchev–Trinajstić information content (AvgIpc) is 3.10. The number of hydrogen-bond acceptors (Lipinski definition) is 2. The van der Waals surface area contributed by atoms with Crippen LogP contribution >= 0.6 is 0 Å². The van der Waals surface area contributed by atoms with Gasteiger partial charge in [-0.05, 0) is 53.8 Å². The molecule has 0 atom stereocenters. The van der Waals surface area contributed by atoms with Crippen LogP contribution in [0.25, 0.3) is 0 Å². The molecule has 0 fully saturated rings. The molecule has 148 valence electrons. The molecule has 2 aromatic carbocycles. The van der Waals surface area contributed by atoms with Crippen LogP contribution in [0.15, 0.2) is 66.9 Å². The van der Waals surface area contributed by atoms with Crippen molar-refractivity contribution in [2.75, 3.05) is 13.7 Å². The van der Waals surface area contributed by atoms with Gasteiger partial charge in [0.25, 0.3) is 0 Å². The minimum absolute atomic E-state index is 0.616. The second-order valence-corrected chi connectivity index (χ2v) is 7.97. The molecular formula is C25H32N2O. The van der Waals surface area contributed by atoms with Crippen LogP contribution < -0.4 is 4.74 Å². The van der Waals surface area contributed by atoms with Gasteiger partial charge in [-0.3, -0.25) is 4.90 Å². The maximum absolute atomic E-state index is 5.40. The van der Waals surface area contributed by atoms with Crippen molar-refractivity contribution < 1.29 is 4.74 Å². The Morgan fingerprint density at radius 2 is 1.79 bits per heavy atom. The summed E-state index contributed by atoms with van der Waals surface area (Å²) in [5.41, 5.74) is 5.37. The summed E-state index contributed by atoms with van der Waals surface area (Å²) in [5.74, 6) is 1.54. The molecule has 0 radical (unpaired) electrons. The van der Waals surface area contributed by atoms with Crippen molar-refractivity contribution in [3.63, 3.8) is 0 Å². The Kier molecular flexibility index (Phi) is 6.94. The summed E-state index contributed by atoms with van der Waals surface area (Å²) in [6.07, 6.45) is 2.20. The fraction of sp³-hybridized carbons (Fsp3) is 0.360. The highest BCUT2D eigenvalue weighted by atomic mass is 16.5. The average molecular weight is 377 g/mol. The van der Waals surface area contributed by atoms with Crippen molar-refractivity contribution >= 4 is 0 Å². The number of benzene rings is 2. The molecule has 3 rings (SSSR count). The van der Waals surface area contributed by atoms with E-state index < -0.39 is 0 Å². The molecule has 0 spiro atoms. The minimum Gasteiger partial charge on any atom is -0.497 e. The zero-order valence-corrected chi connectivity index (χ0v) is 17.6. The fourth-order valence-electron chi connectivity index (χ4n) is 3.68. The molecule has 3 aromatic rings. The molecule has 3 nitrogen and oxygen atoms in total. The van der Waals surface area contributed by atoms with E-state index in [1.165, 1.54) is 22.4 Å². The summed E-state index contributed by atoms with van der Waals surface area (Å²) in [6, 6.07) is 21.4. The van der Waals surface area contributed by atoms with Crippen LogP contribution in [-0.2, 0) is 19.6 Å². The molecule has 0 amide bonds. The molecule has 0 aliphatic carbocycles. The van der Waals surface area contributed by atoms with Gasteiger partial charge in [0.2, 0.25) is 0 Å². The zero-order valence-electron chi connectivity index (χ0n) is 17.6. The molecule has 1 heterocycles. The molecular weight excluding hydrogens is 344 g/mol. The van der Waals surface area contributed by atoms with Gasteiger partial charge >= 0.3 is 0 Å². The smallest absolute Gasteiger partial charge is 0.119 e. The van der Waals surface area contributed by atoms with Gasteiger partial charge in [-0.2, -0.15) is 0 Å². The first-order chi connectivity index (χ1) is 13.5. The van der Waals surface area contributed by atoms with E-state index in [0.717, 1.165) is 31.9 Å². The third-order valence-electron chi connectivity index (χ3n) is 5.07. The van der Waals surface area contributed by atoms with Crippen molar-refractivity contribution in [1.29, 1.82) is 0 Å². The molecule has 28 heavy (non-hydrogen) atoms. The van der Waals surface area contributed by atoms with Crippen molar-refractivity contribution in [3.8, 4) is 5.75 Å². The van der Waals surface area contributed by atoms with Crippen LogP contribution in [0.2, 0.25) is 0 Å². The van der Waals surface area contributed by atoms with Crippen LogP contribution in [-0.4, -0.2) is 23.1 Å². The van der Waals surface area contributed by atoms with Crippen molar-refractivity contribution in [2.24, 2.45) is 5.92 Å². The predicted octanol–water partition coefficient (Wildman–Crippen LogP) is 5.51. The largest absolute Gasteiger partial charge is 0.497 e. The van der Waals surface area contributed by atoms with E-state index >= 15 is 0 Å². The lowest BCUT2D eigenvalue weighted by Gasteiger charge is -2.25. The Hall–Kier alpha value is -2.52. The van der Waals surface area contributed by atoms with E-state index in [9.17, 15) is 0 Å². The van der Waals surface area contributed by atoms with Gasteiger partial charge in [0.05, 0.1) is 7.11 Å². The molecule has 1 aromatic heterocycles. The van der Waals surface area contributed by atoms with E-state index in [-0.39, 0.29) is 0 Å². The second-order valence-electron chi connectivity index (χ2n) is 7.97. The van der Waals surface area contributed by atoms with Crippen molar-refractivity contribution in [1.82, 2.24) is 9.47 Å². The lowest BCUT2D eigenvalue weighted by Crippen LogP contribution is -2.28. The molecule has 3 heteroatoms. The standard InChI is InChI=1S/C25H32N2O/c1-20(2)16-26(17-22-10-7-13-25(15-22)28-4)19-24-12-8-14-27(24)18-23-11-6-5-9-21(23)3/h5-15,20H,16-19H2,1-4H3. The summed E-state index contributed by atoms with van der Waals surface area (Å²) in [4.78, 5) is 2.53. The third-order valence-corrected chi connectivity index (χ3v) is 5.07. The number of aryl methyl sites for hydroxylation is 1. The topological polar surface area (TPSA) is 17.4 Å². The first-order valence-electron chi connectivity index (χ1n) is 10.1. The maximum atomic E-state index is 5.40. The Morgan fingerprint density at radius 1 is 0.964 bits per heavy atom. The molecule has 0 unspecified atom stereocenters. The fourth-order valence-corrected chi connectivity index (χ4v) is 3.68. The predicted molar refractivity (Wildman–Crippen MR) is 117 cm³/mol. The summed E-state index contributed by atoms with van der Waals surface area (Å²) in [5, 5.41) is 0. The highest BCUT2D eigenvalue weighted by Gasteiger charge is 2.13. The van der Waals surface area contributed by atoms with Crippen LogP contribution in [0.5, 0.6) is 5.75 Å². The Morgan fingerprint density at radius 3 is 2.54 bits per heavy atom. The highest BCUT2D eigenvalue weighted by Crippen LogP contribution is 2.18. The van der Waals surface area contributed by atoms with Gasteiger partial charge in [0, 0.05) is 38.1 Å². The summed E-state index contributed by atoms with van der Waals surface area (Å²) < 4.78 is 7.77. The van der Waals surface area contributed by atoms with E-state index in [1.807, 2.05) is 6.07 Å². The summed E-state index contributed by atoms with van der Waals surface area (Å²) in [7, 11) is 1.73. The summed E-state index contributed by atoms with van der Waals surface area (Å²) >= 11 is 0. The number of rotatable bonds is 9. The van der Waals surface area contributed by atoms with Gasteiger partial charge in [-0.25, -0.2) is 0 Å². The highest BCUT2D eigenvalue weighted by molar-refractivity contribution is 5.29. The number of ether oxygens (including phenoxy) is 1. The van der Waals surface area contributed by atoms with Crippen LogP contribution in [0.3, 0.4) is 0 Å². The third kappa shape index (κ3) is 5.49. The van der Waals surface area contributed by atoms with E-state index in [2.05, 4.69) is 91.0 Å². The monoisotopic (exact) mass is 376 g/mol. The minimum atomic E-state index is 0.616. The first kappa shape index (κ1) is 20.2. The molecule has 0 bridgehead atoms. The lowest BCUT2D eigenvalue weighted by atomic mass is 10.1. The maximum Gasteiger partial charge on any atom is 0.119 e. The van der Waals surface area contributed by atoms with Gasteiger partial charge < -0.3 is 9.30 Å². The van der Waals surface area contributed by atoms with Crippen LogP contribution in [0, 0.1) is 12.8 Å². The van der Waals surface area contributed by atoms with E-state index in [4.69, 9.17) is 4.74 Å². The molecule has 0 saturated carbocycles. The number of nitrogens with zero attached hydrogens (tertiary/aromatic N) is 2. The summed E-state index contributed by atoms with van der Waals surface area (Å²) in [6.45, 7) is 10.6. The Balaban J connectivity index is 1.76. The lowest BCUT2D eigenvalue weighted by molar-refractivity contribution is 0.222. The van der Waals surface area contributed by atoms with Crippen molar-refractivity contribution in [2.45, 2.75) is 40.4 Å². The number of hydrogen-bond donors (Lipinski definition) is 0. The van der Waals surface area contributed by atoms with Gasteiger partial charge in [0.15, 0.2) is 0 Å². The van der Waals surface area contributed by atoms with E-state index in [0.29, 0.717) is 5.92 Å². The SMILES string of the molecule is COc1cccc(CN(Cc2cccn2Cc2ccccc2C)CC(C)C)c1. The molecule has 0 aliphatic rings. The van der Waals surface area contributed by atoms with Crippen molar-refractivity contribution in [3.05, 3.63) is 89.2 Å². The quantitative estimate of drug-likeness (QED) is 0.490. The number of aromatic nitrogens is 1. The first-order valence-corrected chi connectivity index (χ1v) is 10.1. The van der Waals surface area contributed by atoms with E-state index in [1.54, 1.807) is 7.11 Å². The Labute approximate surface area is 169 Å². The molecule has 0 aliphatic heterocycles.